The summed E-state index contributed by atoms with van der Waals surface area (Å²) >= 11 is 0. The Hall–Kier alpha value is -2.65. The highest BCUT2D eigenvalue weighted by Crippen LogP contribution is 2.64. The lowest BCUT2D eigenvalue weighted by Crippen LogP contribution is -2.39. The molecule has 1 unspecified atom stereocenters. The largest absolute Gasteiger partial charge is 0.416 e. The molecule has 2 aliphatic rings. The molecule has 1 aromatic carbocycles. The number of rotatable bonds is 3. The molecule has 4 rings (SSSR count). The van der Waals surface area contributed by atoms with Gasteiger partial charge in [-0.15, -0.1) is 0 Å². The molecule has 1 saturated heterocycles. The standard InChI is InChI=1S/C18H16F5N3O2/c19-17(20)8-16(17)3-4-26(9-16)14(27)7-24-15(28)13-6-10-5-11(18(21,22)23)1-2-12(10)25-13/h1-2,5-6,25H,3-4,7-9H2,(H,24,28). The minimum atomic E-state index is -4.49. The number of nitrogens with one attached hydrogen (secondary N) is 2. The lowest BCUT2D eigenvalue weighted by molar-refractivity contribution is -0.137. The van der Waals surface area contributed by atoms with E-state index in [0.29, 0.717) is 5.52 Å². The van der Waals surface area contributed by atoms with Crippen LogP contribution in [0.5, 0.6) is 0 Å². The molecule has 5 nitrogen and oxygen atoms in total. The zero-order valence-electron chi connectivity index (χ0n) is 14.5. The molecule has 1 atom stereocenters. The highest BCUT2D eigenvalue weighted by molar-refractivity contribution is 5.99. The predicted molar refractivity (Wildman–Crippen MR) is 88.8 cm³/mol. The van der Waals surface area contributed by atoms with Crippen molar-refractivity contribution in [3.05, 3.63) is 35.5 Å². The Morgan fingerprint density at radius 1 is 1.21 bits per heavy atom. The Balaban J connectivity index is 1.38. The van der Waals surface area contributed by atoms with Crippen molar-refractivity contribution >= 4 is 22.7 Å². The summed E-state index contributed by atoms with van der Waals surface area (Å²) in [5, 5.41) is 2.59. The fourth-order valence-electron chi connectivity index (χ4n) is 3.70. The molecule has 10 heteroatoms. The number of hydrogen-bond acceptors (Lipinski definition) is 2. The first kappa shape index (κ1) is 18.7. The number of fused-ring (bicyclic) bond motifs is 1. The van der Waals surface area contributed by atoms with Crippen LogP contribution in [0.4, 0.5) is 22.0 Å². The summed E-state index contributed by atoms with van der Waals surface area (Å²) in [7, 11) is 0. The lowest BCUT2D eigenvalue weighted by atomic mass is 10.1. The Kier molecular flexibility index (Phi) is 3.95. The molecule has 1 aliphatic heterocycles. The third kappa shape index (κ3) is 3.10. The number of H-pyrrole nitrogens is 1. The van der Waals surface area contributed by atoms with Crippen LogP contribution in [0, 0.1) is 5.41 Å². The van der Waals surface area contributed by atoms with Crippen molar-refractivity contribution in [2.45, 2.75) is 24.9 Å². The van der Waals surface area contributed by atoms with Gasteiger partial charge in [0.25, 0.3) is 11.8 Å². The van der Waals surface area contributed by atoms with Crippen LogP contribution < -0.4 is 5.32 Å². The Morgan fingerprint density at radius 2 is 1.93 bits per heavy atom. The van der Waals surface area contributed by atoms with Gasteiger partial charge in [-0.3, -0.25) is 9.59 Å². The second kappa shape index (κ2) is 5.92. The van der Waals surface area contributed by atoms with Crippen LogP contribution in [-0.4, -0.2) is 47.3 Å². The third-order valence-corrected chi connectivity index (χ3v) is 5.51. The number of amides is 2. The zero-order valence-corrected chi connectivity index (χ0v) is 14.5. The summed E-state index contributed by atoms with van der Waals surface area (Å²) in [5.74, 6) is -3.86. The number of alkyl halides is 5. The number of benzene rings is 1. The van der Waals surface area contributed by atoms with Crippen molar-refractivity contribution in [3.8, 4) is 0 Å². The van der Waals surface area contributed by atoms with Gasteiger partial charge in [0.1, 0.15) is 5.69 Å². The van der Waals surface area contributed by atoms with Gasteiger partial charge in [0.05, 0.1) is 17.5 Å². The first-order chi connectivity index (χ1) is 13.0. The second-order valence-electron chi connectivity index (χ2n) is 7.39. The molecule has 2 fully saturated rings. The molecule has 150 valence electrons. The van der Waals surface area contributed by atoms with E-state index in [4.69, 9.17) is 0 Å². The van der Waals surface area contributed by atoms with Crippen molar-refractivity contribution < 1.29 is 31.5 Å². The molecule has 2 N–H and O–H groups in total. The van der Waals surface area contributed by atoms with E-state index in [1.807, 2.05) is 0 Å². The molecule has 1 aromatic heterocycles. The van der Waals surface area contributed by atoms with Gasteiger partial charge in [-0.1, -0.05) is 0 Å². The fraction of sp³-hybridized carbons (Fsp3) is 0.444. The van der Waals surface area contributed by atoms with Gasteiger partial charge in [0.2, 0.25) is 5.91 Å². The summed E-state index contributed by atoms with van der Waals surface area (Å²) < 4.78 is 65.1. The van der Waals surface area contributed by atoms with Gasteiger partial charge >= 0.3 is 6.18 Å². The quantitative estimate of drug-likeness (QED) is 0.776. The topological polar surface area (TPSA) is 65.2 Å². The van der Waals surface area contributed by atoms with Gasteiger partial charge in [-0.25, -0.2) is 8.78 Å². The Labute approximate surface area is 155 Å². The summed E-state index contributed by atoms with van der Waals surface area (Å²) in [6, 6.07) is 4.31. The minimum Gasteiger partial charge on any atom is -0.351 e. The number of nitrogens with zero attached hydrogens (tertiary/aromatic N) is 1. The van der Waals surface area contributed by atoms with Crippen LogP contribution in [0.2, 0.25) is 0 Å². The number of hydrogen-bond donors (Lipinski definition) is 2. The number of aromatic nitrogens is 1. The van der Waals surface area contributed by atoms with Gasteiger partial charge in [0, 0.05) is 30.4 Å². The Bertz CT molecular complexity index is 968. The molecular formula is C18H16F5N3O2. The molecule has 2 aromatic rings. The molecule has 2 amide bonds. The van der Waals surface area contributed by atoms with Crippen molar-refractivity contribution in [2.75, 3.05) is 19.6 Å². The first-order valence-electron chi connectivity index (χ1n) is 8.65. The smallest absolute Gasteiger partial charge is 0.351 e. The molecule has 0 radical (unpaired) electrons. The highest BCUT2D eigenvalue weighted by Gasteiger charge is 2.72. The molecule has 2 heterocycles. The van der Waals surface area contributed by atoms with Crippen LogP contribution in [-0.2, 0) is 11.0 Å². The normalized spacial score (nSPS) is 23.4. The maximum absolute atomic E-state index is 13.4. The second-order valence-corrected chi connectivity index (χ2v) is 7.39. The van der Waals surface area contributed by atoms with E-state index in [1.165, 1.54) is 17.0 Å². The van der Waals surface area contributed by atoms with Crippen molar-refractivity contribution in [1.29, 1.82) is 0 Å². The SMILES string of the molecule is O=C(NCC(=O)N1CCC2(C1)CC2(F)F)c1cc2cc(C(F)(F)F)ccc2[nH]1. The average Bonchev–Trinajstić information content (AvgIpc) is 3.01. The molecule has 0 bridgehead atoms. The number of aromatic amines is 1. The number of likely N-dealkylation sites (tertiary alicyclic amines) is 1. The van der Waals surface area contributed by atoms with Crippen LogP contribution in [0.15, 0.2) is 24.3 Å². The van der Waals surface area contributed by atoms with E-state index in [2.05, 4.69) is 10.3 Å². The van der Waals surface area contributed by atoms with Crippen LogP contribution in [0.25, 0.3) is 10.9 Å². The molecule has 1 spiro atoms. The summed E-state index contributed by atoms with van der Waals surface area (Å²) in [6.45, 7) is -0.179. The fourth-order valence-corrected chi connectivity index (χ4v) is 3.70. The molecule has 28 heavy (non-hydrogen) atoms. The van der Waals surface area contributed by atoms with E-state index >= 15 is 0 Å². The average molecular weight is 401 g/mol. The number of carbonyl (C=O) groups excluding carboxylic acids is 2. The van der Waals surface area contributed by atoms with Crippen LogP contribution >= 0.6 is 0 Å². The minimum absolute atomic E-state index is 0.00810. The number of carbonyl (C=O) groups is 2. The molecular weight excluding hydrogens is 385 g/mol. The van der Waals surface area contributed by atoms with Gasteiger partial charge in [-0.05, 0) is 30.7 Å². The van der Waals surface area contributed by atoms with Gasteiger partial charge in [-0.2, -0.15) is 13.2 Å². The maximum atomic E-state index is 13.4. The summed E-state index contributed by atoms with van der Waals surface area (Å²) in [5.41, 5.74) is -1.59. The summed E-state index contributed by atoms with van der Waals surface area (Å²) in [4.78, 5) is 28.4. The van der Waals surface area contributed by atoms with Crippen LogP contribution in [0.3, 0.4) is 0 Å². The van der Waals surface area contributed by atoms with E-state index in [0.717, 1.165) is 12.1 Å². The van der Waals surface area contributed by atoms with Gasteiger partial charge in [0.15, 0.2) is 0 Å². The number of halogens is 5. The van der Waals surface area contributed by atoms with Crippen molar-refractivity contribution in [1.82, 2.24) is 15.2 Å². The van der Waals surface area contributed by atoms with Crippen LogP contribution in [0.1, 0.15) is 28.9 Å². The van der Waals surface area contributed by atoms with E-state index in [-0.39, 0.29) is 43.6 Å². The maximum Gasteiger partial charge on any atom is 0.416 e. The third-order valence-electron chi connectivity index (χ3n) is 5.51. The van der Waals surface area contributed by atoms with Gasteiger partial charge < -0.3 is 15.2 Å². The van der Waals surface area contributed by atoms with E-state index in [1.54, 1.807) is 0 Å². The molecule has 1 saturated carbocycles. The van der Waals surface area contributed by atoms with Crippen molar-refractivity contribution in [3.63, 3.8) is 0 Å². The first-order valence-corrected chi connectivity index (χ1v) is 8.65. The Morgan fingerprint density at radius 3 is 2.54 bits per heavy atom. The van der Waals surface area contributed by atoms with E-state index in [9.17, 15) is 31.5 Å². The van der Waals surface area contributed by atoms with Crippen molar-refractivity contribution in [2.24, 2.45) is 5.41 Å². The molecule has 1 aliphatic carbocycles. The van der Waals surface area contributed by atoms with E-state index < -0.39 is 34.9 Å². The highest BCUT2D eigenvalue weighted by atomic mass is 19.4. The zero-order chi connectivity index (χ0) is 20.3. The summed E-state index contributed by atoms with van der Waals surface area (Å²) in [6.07, 6.45) is -4.47. The predicted octanol–water partition coefficient (Wildman–Crippen LogP) is 3.17. The lowest BCUT2D eigenvalue weighted by Gasteiger charge is -2.16. The monoisotopic (exact) mass is 401 g/mol.